The Labute approximate surface area is 149 Å². The minimum atomic E-state index is -0.315. The molecule has 1 aliphatic heterocycles. The molecule has 2 fully saturated rings. The van der Waals surface area contributed by atoms with E-state index in [1.807, 2.05) is 11.9 Å². The van der Waals surface area contributed by atoms with Crippen LogP contribution in [0.4, 0.5) is 4.79 Å². The van der Waals surface area contributed by atoms with Crippen molar-refractivity contribution in [2.75, 3.05) is 26.8 Å². The van der Waals surface area contributed by atoms with Gasteiger partial charge in [-0.25, -0.2) is 4.79 Å². The van der Waals surface area contributed by atoms with E-state index in [-0.39, 0.29) is 17.9 Å². The number of fused-ring (bicyclic) bond motifs is 1. The molecule has 0 aromatic heterocycles. The zero-order valence-electron chi connectivity index (χ0n) is 15.0. The SMILES string of the molecule is CN(C(=O)NCC1CCC2(CC1)OCCO2)[C@H]1CCc2ccccc21. The third kappa shape index (κ3) is 3.40. The fourth-order valence-electron chi connectivity index (χ4n) is 4.54. The Morgan fingerprint density at radius 1 is 1.20 bits per heavy atom. The van der Waals surface area contributed by atoms with Crippen LogP contribution in [0.2, 0.25) is 0 Å². The summed E-state index contributed by atoms with van der Waals surface area (Å²) in [5.74, 6) is 0.205. The minimum absolute atomic E-state index is 0.0374. The van der Waals surface area contributed by atoms with Gasteiger partial charge in [-0.2, -0.15) is 0 Å². The number of nitrogens with zero attached hydrogens (tertiary/aromatic N) is 1. The second kappa shape index (κ2) is 6.96. The zero-order chi connectivity index (χ0) is 17.3. The van der Waals surface area contributed by atoms with Crippen LogP contribution in [0, 0.1) is 5.92 Å². The number of nitrogens with one attached hydrogen (secondary N) is 1. The molecule has 0 bridgehead atoms. The maximum absolute atomic E-state index is 12.6. The summed E-state index contributed by atoms with van der Waals surface area (Å²) in [6.07, 6.45) is 6.07. The summed E-state index contributed by atoms with van der Waals surface area (Å²) in [5, 5.41) is 3.14. The molecule has 1 aromatic rings. The molecule has 136 valence electrons. The molecule has 0 radical (unpaired) electrons. The van der Waals surface area contributed by atoms with Crippen molar-refractivity contribution in [3.05, 3.63) is 35.4 Å². The van der Waals surface area contributed by atoms with E-state index in [0.717, 1.165) is 58.3 Å². The van der Waals surface area contributed by atoms with Gasteiger partial charge in [0.2, 0.25) is 0 Å². The first-order valence-corrected chi connectivity index (χ1v) is 9.53. The molecule has 1 N–H and O–H groups in total. The molecule has 1 saturated heterocycles. The smallest absolute Gasteiger partial charge is 0.317 e. The van der Waals surface area contributed by atoms with Gasteiger partial charge in [-0.15, -0.1) is 0 Å². The molecule has 5 heteroatoms. The molecule has 1 atom stereocenters. The Bertz CT molecular complexity index is 617. The molecule has 0 unspecified atom stereocenters. The van der Waals surface area contributed by atoms with Gasteiger partial charge in [-0.05, 0) is 42.7 Å². The van der Waals surface area contributed by atoms with E-state index in [0.29, 0.717) is 5.92 Å². The molecule has 2 amide bonds. The van der Waals surface area contributed by atoms with E-state index in [2.05, 4.69) is 29.6 Å². The van der Waals surface area contributed by atoms with E-state index >= 15 is 0 Å². The van der Waals surface area contributed by atoms with Crippen molar-refractivity contribution in [3.8, 4) is 0 Å². The van der Waals surface area contributed by atoms with Crippen LogP contribution in [0.3, 0.4) is 0 Å². The van der Waals surface area contributed by atoms with Gasteiger partial charge >= 0.3 is 6.03 Å². The lowest BCUT2D eigenvalue weighted by Crippen LogP contribution is -2.43. The highest BCUT2D eigenvalue weighted by Gasteiger charge is 2.40. The second-order valence-corrected chi connectivity index (χ2v) is 7.60. The van der Waals surface area contributed by atoms with Crippen molar-refractivity contribution in [2.24, 2.45) is 5.92 Å². The van der Waals surface area contributed by atoms with E-state index in [9.17, 15) is 4.79 Å². The van der Waals surface area contributed by atoms with E-state index < -0.39 is 0 Å². The quantitative estimate of drug-likeness (QED) is 0.916. The summed E-state index contributed by atoms with van der Waals surface area (Å²) in [6.45, 7) is 2.18. The highest BCUT2D eigenvalue weighted by molar-refractivity contribution is 5.74. The predicted molar refractivity (Wildman–Crippen MR) is 95.3 cm³/mol. The van der Waals surface area contributed by atoms with Gasteiger partial charge in [0.25, 0.3) is 0 Å². The average Bonchev–Trinajstić information content (AvgIpc) is 3.28. The van der Waals surface area contributed by atoms with Gasteiger partial charge in [-0.1, -0.05) is 24.3 Å². The first-order chi connectivity index (χ1) is 12.2. The fraction of sp³-hybridized carbons (Fsp3) is 0.650. The standard InChI is InChI=1S/C20H28N2O3/c1-22(18-7-6-16-4-2-3-5-17(16)18)19(23)21-14-15-8-10-20(11-9-15)24-12-13-25-20/h2-5,15,18H,6-14H2,1H3,(H,21,23)/t18-/m0/s1. The lowest BCUT2D eigenvalue weighted by molar-refractivity contribution is -0.182. The monoisotopic (exact) mass is 344 g/mol. The van der Waals surface area contributed by atoms with Crippen molar-refractivity contribution in [1.29, 1.82) is 0 Å². The highest BCUT2D eigenvalue weighted by atomic mass is 16.7. The van der Waals surface area contributed by atoms with Crippen molar-refractivity contribution >= 4 is 6.03 Å². The second-order valence-electron chi connectivity index (χ2n) is 7.60. The molecule has 1 spiro atoms. The van der Waals surface area contributed by atoms with Gasteiger partial charge < -0.3 is 19.7 Å². The first kappa shape index (κ1) is 16.9. The number of ether oxygens (including phenoxy) is 2. The Morgan fingerprint density at radius 3 is 2.68 bits per heavy atom. The Balaban J connectivity index is 1.27. The van der Waals surface area contributed by atoms with Gasteiger partial charge in [0.15, 0.2) is 5.79 Å². The largest absolute Gasteiger partial charge is 0.348 e. The summed E-state index contributed by atoms with van der Waals surface area (Å²) in [5.41, 5.74) is 2.68. The van der Waals surface area contributed by atoms with Crippen LogP contribution in [0.15, 0.2) is 24.3 Å². The van der Waals surface area contributed by atoms with Gasteiger partial charge in [0.05, 0.1) is 19.3 Å². The van der Waals surface area contributed by atoms with Gasteiger partial charge in [-0.3, -0.25) is 0 Å². The third-order valence-corrected chi connectivity index (χ3v) is 6.11. The summed E-state index contributed by atoms with van der Waals surface area (Å²) >= 11 is 0. The lowest BCUT2D eigenvalue weighted by Gasteiger charge is -2.35. The molecule has 25 heavy (non-hydrogen) atoms. The van der Waals surface area contributed by atoms with Gasteiger partial charge in [0, 0.05) is 26.4 Å². The van der Waals surface area contributed by atoms with Crippen LogP contribution in [-0.4, -0.2) is 43.5 Å². The normalized spacial score (nSPS) is 25.1. The number of hydrogen-bond donors (Lipinski definition) is 1. The van der Waals surface area contributed by atoms with Crippen LogP contribution in [0.1, 0.15) is 49.3 Å². The summed E-state index contributed by atoms with van der Waals surface area (Å²) in [7, 11) is 1.91. The molecule has 1 aromatic carbocycles. The average molecular weight is 344 g/mol. The first-order valence-electron chi connectivity index (χ1n) is 9.53. The molecule has 1 saturated carbocycles. The zero-order valence-corrected chi connectivity index (χ0v) is 15.0. The van der Waals surface area contributed by atoms with Gasteiger partial charge in [0.1, 0.15) is 0 Å². The molecule has 5 nitrogen and oxygen atoms in total. The van der Waals surface area contributed by atoms with Crippen molar-refractivity contribution in [3.63, 3.8) is 0 Å². The number of carbonyl (C=O) groups is 1. The number of benzene rings is 1. The number of urea groups is 1. The Kier molecular flexibility index (Phi) is 4.69. The fourth-order valence-corrected chi connectivity index (χ4v) is 4.54. The topological polar surface area (TPSA) is 50.8 Å². The van der Waals surface area contributed by atoms with Crippen LogP contribution in [0.5, 0.6) is 0 Å². The summed E-state index contributed by atoms with van der Waals surface area (Å²) in [6, 6.07) is 8.70. The third-order valence-electron chi connectivity index (χ3n) is 6.11. The van der Waals surface area contributed by atoms with E-state index in [4.69, 9.17) is 9.47 Å². The highest BCUT2D eigenvalue weighted by Crippen LogP contribution is 2.38. The van der Waals surface area contributed by atoms with E-state index in [1.165, 1.54) is 11.1 Å². The molecule has 4 rings (SSSR count). The number of rotatable bonds is 3. The van der Waals surface area contributed by atoms with E-state index in [1.54, 1.807) is 0 Å². The van der Waals surface area contributed by atoms with Crippen molar-refractivity contribution in [1.82, 2.24) is 10.2 Å². The molecule has 3 aliphatic rings. The predicted octanol–water partition coefficient (Wildman–Crippen LogP) is 3.25. The van der Waals surface area contributed by atoms with Crippen LogP contribution < -0.4 is 5.32 Å². The molecule has 1 heterocycles. The minimum Gasteiger partial charge on any atom is -0.348 e. The Hall–Kier alpha value is -1.59. The Morgan fingerprint density at radius 2 is 1.92 bits per heavy atom. The maximum Gasteiger partial charge on any atom is 0.317 e. The van der Waals surface area contributed by atoms with Crippen molar-refractivity contribution < 1.29 is 14.3 Å². The van der Waals surface area contributed by atoms with Crippen LogP contribution in [0.25, 0.3) is 0 Å². The summed E-state index contributed by atoms with van der Waals surface area (Å²) in [4.78, 5) is 14.5. The molecular formula is C20H28N2O3. The van der Waals surface area contributed by atoms with Crippen molar-refractivity contribution in [2.45, 2.75) is 50.4 Å². The van der Waals surface area contributed by atoms with Crippen LogP contribution in [-0.2, 0) is 15.9 Å². The number of hydrogen-bond acceptors (Lipinski definition) is 3. The lowest BCUT2D eigenvalue weighted by atomic mass is 9.85. The number of aryl methyl sites for hydroxylation is 1. The number of carbonyl (C=O) groups excluding carboxylic acids is 1. The summed E-state index contributed by atoms with van der Waals surface area (Å²) < 4.78 is 11.6. The molecule has 2 aliphatic carbocycles. The number of amides is 2. The molecular weight excluding hydrogens is 316 g/mol. The van der Waals surface area contributed by atoms with Crippen LogP contribution >= 0.6 is 0 Å². The maximum atomic E-state index is 12.6.